The van der Waals surface area contributed by atoms with Gasteiger partial charge in [0.2, 0.25) is 0 Å². The maximum atomic E-state index is 4.43. The zero-order valence-corrected chi connectivity index (χ0v) is 18.6. The van der Waals surface area contributed by atoms with Gasteiger partial charge in [-0.25, -0.2) is 0 Å². The van der Waals surface area contributed by atoms with Crippen molar-refractivity contribution < 1.29 is 0 Å². The van der Waals surface area contributed by atoms with E-state index in [1.54, 1.807) is 0 Å². The third-order valence-electron chi connectivity index (χ3n) is 7.42. The molecule has 1 aliphatic carbocycles. The Labute approximate surface area is 173 Å². The highest BCUT2D eigenvalue weighted by molar-refractivity contribution is 5.47. The van der Waals surface area contributed by atoms with Crippen molar-refractivity contribution in [1.29, 1.82) is 0 Å². The first-order valence-corrected chi connectivity index (χ1v) is 11.7. The number of hydrogen-bond acceptors (Lipinski definition) is 1. The lowest BCUT2D eigenvalue weighted by atomic mass is 9.64. The van der Waals surface area contributed by atoms with Crippen molar-refractivity contribution in [2.45, 2.75) is 84.5 Å². The van der Waals surface area contributed by atoms with E-state index in [0.717, 1.165) is 6.42 Å². The summed E-state index contributed by atoms with van der Waals surface area (Å²) in [5.74, 6) is 0.632. The van der Waals surface area contributed by atoms with E-state index in [4.69, 9.17) is 0 Å². The second-order valence-electron chi connectivity index (χ2n) is 9.45. The standard InChI is InChI=1S/C27H41N/c1-5-23(6-2)20-24-13-14-25(19-22(24)3)26(21-28-17-11-8-12-18-28)27(4)15-9-7-10-16-27/h5,13-14,19-20,26H,3,6-12,15-18,21H2,1-2,4H3/b23-5-,24-20-. The molecule has 0 amide bonds. The summed E-state index contributed by atoms with van der Waals surface area (Å²) in [6, 6.07) is 7.15. The van der Waals surface area contributed by atoms with Crippen LogP contribution in [0.25, 0.3) is 12.7 Å². The van der Waals surface area contributed by atoms with Crippen molar-refractivity contribution in [3.05, 3.63) is 45.8 Å². The minimum atomic E-state index is 0.436. The molecule has 1 nitrogen and oxygen atoms in total. The molecule has 3 rings (SSSR count). The molecule has 0 bridgehead atoms. The predicted molar refractivity (Wildman–Crippen MR) is 124 cm³/mol. The van der Waals surface area contributed by atoms with Crippen molar-refractivity contribution in [3.63, 3.8) is 0 Å². The molecule has 1 unspecified atom stereocenters. The van der Waals surface area contributed by atoms with Gasteiger partial charge in [0.05, 0.1) is 0 Å². The van der Waals surface area contributed by atoms with Gasteiger partial charge in [-0.2, -0.15) is 0 Å². The summed E-state index contributed by atoms with van der Waals surface area (Å²) in [6.07, 6.45) is 16.8. The van der Waals surface area contributed by atoms with E-state index in [2.05, 4.69) is 62.6 Å². The molecule has 1 heterocycles. The fraction of sp³-hybridized carbons (Fsp3) is 0.630. The molecule has 154 valence electrons. The summed E-state index contributed by atoms with van der Waals surface area (Å²) >= 11 is 0. The van der Waals surface area contributed by atoms with Crippen molar-refractivity contribution in [2.24, 2.45) is 5.41 Å². The number of likely N-dealkylation sites (tertiary alicyclic amines) is 1. The third kappa shape index (κ3) is 5.17. The maximum Gasteiger partial charge on any atom is 0.00555 e. The minimum absolute atomic E-state index is 0.436. The molecule has 1 aromatic rings. The topological polar surface area (TPSA) is 3.24 Å². The lowest BCUT2D eigenvalue weighted by molar-refractivity contribution is 0.116. The van der Waals surface area contributed by atoms with Crippen LogP contribution in [0.3, 0.4) is 0 Å². The number of benzene rings is 1. The van der Waals surface area contributed by atoms with Crippen LogP contribution in [-0.2, 0) is 0 Å². The normalized spacial score (nSPS) is 23.0. The molecular formula is C27H41N. The molecule has 1 aromatic carbocycles. The Morgan fingerprint density at radius 1 is 1.11 bits per heavy atom. The average Bonchev–Trinajstić information content (AvgIpc) is 2.72. The number of piperidine rings is 1. The molecule has 1 heteroatoms. The second-order valence-corrected chi connectivity index (χ2v) is 9.45. The molecule has 28 heavy (non-hydrogen) atoms. The van der Waals surface area contributed by atoms with Gasteiger partial charge in [-0.05, 0) is 73.5 Å². The van der Waals surface area contributed by atoms with Gasteiger partial charge in [0.15, 0.2) is 0 Å². The molecule has 2 fully saturated rings. The van der Waals surface area contributed by atoms with Crippen molar-refractivity contribution in [1.82, 2.24) is 4.90 Å². The highest BCUT2D eigenvalue weighted by Gasteiger charge is 2.37. The number of hydrogen-bond donors (Lipinski definition) is 0. The summed E-state index contributed by atoms with van der Waals surface area (Å²) in [6.45, 7) is 15.2. The Hall–Kier alpha value is -1.34. The second kappa shape index (κ2) is 9.92. The highest BCUT2D eigenvalue weighted by atomic mass is 15.1. The molecule has 1 aliphatic heterocycles. The smallest absolute Gasteiger partial charge is 0.00555 e. The van der Waals surface area contributed by atoms with Crippen LogP contribution in [0.1, 0.15) is 90.0 Å². The Balaban J connectivity index is 1.93. The lowest BCUT2D eigenvalue weighted by Gasteiger charge is -2.44. The largest absolute Gasteiger partial charge is 0.303 e. The predicted octanol–water partition coefficient (Wildman–Crippen LogP) is 5.77. The molecule has 2 aliphatic rings. The lowest BCUT2D eigenvalue weighted by Crippen LogP contribution is -2.40. The molecule has 0 radical (unpaired) electrons. The van der Waals surface area contributed by atoms with E-state index in [1.165, 1.54) is 92.6 Å². The Morgan fingerprint density at radius 3 is 2.39 bits per heavy atom. The van der Waals surface area contributed by atoms with E-state index in [0.29, 0.717) is 11.3 Å². The van der Waals surface area contributed by atoms with Crippen molar-refractivity contribution >= 4 is 12.7 Å². The van der Waals surface area contributed by atoms with Gasteiger partial charge in [0.25, 0.3) is 0 Å². The fourth-order valence-electron chi connectivity index (χ4n) is 5.41. The molecule has 1 atom stereocenters. The van der Waals surface area contributed by atoms with Gasteiger partial charge in [-0.3, -0.25) is 0 Å². The zero-order valence-electron chi connectivity index (χ0n) is 18.6. The Bertz CT molecular complexity index is 760. The van der Waals surface area contributed by atoms with Crippen LogP contribution < -0.4 is 10.4 Å². The third-order valence-corrected chi connectivity index (χ3v) is 7.42. The monoisotopic (exact) mass is 379 g/mol. The van der Waals surface area contributed by atoms with E-state index in [9.17, 15) is 0 Å². The van der Waals surface area contributed by atoms with Crippen LogP contribution in [-0.4, -0.2) is 24.5 Å². The van der Waals surface area contributed by atoms with Gasteiger partial charge in [0, 0.05) is 12.5 Å². The first kappa shape index (κ1) is 21.4. The number of allylic oxidation sites excluding steroid dienone is 2. The molecule has 0 aromatic heterocycles. The molecule has 1 saturated carbocycles. The van der Waals surface area contributed by atoms with Gasteiger partial charge < -0.3 is 4.90 Å². The average molecular weight is 380 g/mol. The van der Waals surface area contributed by atoms with Gasteiger partial charge in [0.1, 0.15) is 0 Å². The van der Waals surface area contributed by atoms with Crippen molar-refractivity contribution in [2.75, 3.05) is 19.6 Å². The van der Waals surface area contributed by atoms with E-state index < -0.39 is 0 Å². The fourth-order valence-corrected chi connectivity index (χ4v) is 5.41. The first-order valence-electron chi connectivity index (χ1n) is 11.7. The molecule has 0 spiro atoms. The minimum Gasteiger partial charge on any atom is -0.303 e. The van der Waals surface area contributed by atoms with Gasteiger partial charge in [-0.15, -0.1) is 0 Å². The molecule has 0 N–H and O–H groups in total. The van der Waals surface area contributed by atoms with Gasteiger partial charge in [-0.1, -0.05) is 82.0 Å². The Morgan fingerprint density at radius 2 is 1.79 bits per heavy atom. The van der Waals surface area contributed by atoms with Gasteiger partial charge >= 0.3 is 0 Å². The zero-order chi connectivity index (χ0) is 20.0. The SMILES string of the molecule is C=c1cc(C(CN2CCCCC2)C2(C)CCCCC2)cc/c1=C/C(=C\C)CC. The summed E-state index contributed by atoms with van der Waals surface area (Å²) in [7, 11) is 0. The van der Waals surface area contributed by atoms with Crippen LogP contribution in [0, 0.1) is 5.41 Å². The van der Waals surface area contributed by atoms with Crippen LogP contribution in [0.2, 0.25) is 0 Å². The summed E-state index contributed by atoms with van der Waals surface area (Å²) in [5.41, 5.74) is 3.35. The van der Waals surface area contributed by atoms with Crippen LogP contribution in [0.5, 0.6) is 0 Å². The quantitative estimate of drug-likeness (QED) is 0.606. The molecular weight excluding hydrogens is 338 g/mol. The summed E-state index contributed by atoms with van der Waals surface area (Å²) in [5, 5.41) is 2.47. The van der Waals surface area contributed by atoms with E-state index in [-0.39, 0.29) is 0 Å². The van der Waals surface area contributed by atoms with E-state index >= 15 is 0 Å². The number of rotatable bonds is 6. The van der Waals surface area contributed by atoms with Crippen LogP contribution >= 0.6 is 0 Å². The van der Waals surface area contributed by atoms with Crippen LogP contribution in [0.15, 0.2) is 29.8 Å². The first-order chi connectivity index (χ1) is 13.6. The Kier molecular flexibility index (Phi) is 7.57. The number of nitrogens with zero attached hydrogens (tertiary/aromatic N) is 1. The van der Waals surface area contributed by atoms with E-state index in [1.807, 2.05) is 0 Å². The highest BCUT2D eigenvalue weighted by Crippen LogP contribution is 2.47. The maximum absolute atomic E-state index is 4.43. The van der Waals surface area contributed by atoms with Crippen molar-refractivity contribution in [3.8, 4) is 0 Å². The van der Waals surface area contributed by atoms with Crippen LogP contribution in [0.4, 0.5) is 0 Å². The summed E-state index contributed by atoms with van der Waals surface area (Å²) < 4.78 is 0. The molecule has 1 saturated heterocycles. The summed E-state index contributed by atoms with van der Waals surface area (Å²) in [4.78, 5) is 2.74.